The molecule has 426 valence electrons. The molecule has 1 aliphatic carbocycles. The summed E-state index contributed by atoms with van der Waals surface area (Å²) in [5.74, 6) is -1.42. The summed E-state index contributed by atoms with van der Waals surface area (Å²) in [6.07, 6.45) is 10.6. The molecule has 21 nitrogen and oxygen atoms in total. The molecule has 21 heteroatoms. The number of amides is 7. The number of carbonyl (C=O) groups excluding carboxylic acids is 6. The molecule has 1 atom stereocenters. The first-order chi connectivity index (χ1) is 39.4. The van der Waals surface area contributed by atoms with Crippen LogP contribution in [0.5, 0.6) is 11.5 Å². The van der Waals surface area contributed by atoms with Gasteiger partial charge in [0, 0.05) is 95.8 Å². The van der Waals surface area contributed by atoms with Gasteiger partial charge in [-0.3, -0.25) is 43.9 Å². The van der Waals surface area contributed by atoms with E-state index >= 15 is 0 Å². The number of rotatable bonds is 29. The van der Waals surface area contributed by atoms with Crippen molar-refractivity contribution < 1.29 is 52.5 Å². The highest BCUT2D eigenvalue weighted by molar-refractivity contribution is 6.24. The number of benzene rings is 3. The molecule has 4 N–H and O–H groups in total. The maximum atomic E-state index is 14.1. The molecular weight excluding hydrogens is 1040 g/mol. The van der Waals surface area contributed by atoms with Crippen molar-refractivity contribution >= 4 is 47.1 Å². The number of pyridine rings is 2. The maximum Gasteiger partial charge on any atom is 0.322 e. The van der Waals surface area contributed by atoms with Crippen molar-refractivity contribution in [2.24, 2.45) is 7.05 Å². The number of hydrogen-bond donors (Lipinski definition) is 4. The summed E-state index contributed by atoms with van der Waals surface area (Å²) in [7, 11) is 1.72. The van der Waals surface area contributed by atoms with Gasteiger partial charge in [0.2, 0.25) is 17.4 Å². The van der Waals surface area contributed by atoms with Gasteiger partial charge in [-0.1, -0.05) is 30.3 Å². The average molecular weight is 1110 g/mol. The minimum absolute atomic E-state index is 0.0117. The standard InChI is InChI=1S/C60H69N9O12/c1-67-39-44(15-27-55(67)72)43-13-18-46(19-14-43)68(47-20-16-45(17-21-47)65-52-25-12-42(36-61)38-63-52)60(76)64-37-41-10-22-48(23-11-41)80-35-34-79-31-5-4-30-78-33-7-32-77-29-3-2-28-62-54(71)40-81-51-9-6-8-49-56(51)59(75)69(58(49)74)50-24-26-53(70)66-57(50)73/h6,8-15,18-19,22-23,25,27,38-39,45,47,50H,2-5,7,16-17,20-21,24,26,28-35,37,40H2,1H3,(H,62,71)(H,63,65)(H,64,76)(H,66,70,73). The second-order valence-electron chi connectivity index (χ2n) is 20.0. The summed E-state index contributed by atoms with van der Waals surface area (Å²) in [4.78, 5) is 95.9. The van der Waals surface area contributed by atoms with Crippen LogP contribution in [-0.2, 0) is 42.2 Å². The number of piperidine rings is 1. The lowest BCUT2D eigenvalue weighted by atomic mass is 9.89. The Hall–Kier alpha value is -8.45. The van der Waals surface area contributed by atoms with Crippen LogP contribution in [0.25, 0.3) is 11.1 Å². The number of unbranched alkanes of at least 4 members (excludes halogenated alkanes) is 2. The van der Waals surface area contributed by atoms with E-state index in [0.717, 1.165) is 84.5 Å². The minimum atomic E-state index is -1.10. The third-order valence-electron chi connectivity index (χ3n) is 14.2. The van der Waals surface area contributed by atoms with E-state index in [1.807, 2.05) is 59.5 Å². The van der Waals surface area contributed by atoms with Gasteiger partial charge in [-0.05, 0) is 135 Å². The smallest absolute Gasteiger partial charge is 0.322 e. The van der Waals surface area contributed by atoms with Crippen LogP contribution < -0.4 is 41.2 Å². The third-order valence-corrected chi connectivity index (χ3v) is 14.2. The summed E-state index contributed by atoms with van der Waals surface area (Å²) >= 11 is 0. The fourth-order valence-corrected chi connectivity index (χ4v) is 9.82. The number of hydrogen-bond acceptors (Lipinski definition) is 15. The third kappa shape index (κ3) is 16.6. The van der Waals surface area contributed by atoms with Crippen molar-refractivity contribution in [3.63, 3.8) is 0 Å². The van der Waals surface area contributed by atoms with Gasteiger partial charge in [0.15, 0.2) is 6.61 Å². The summed E-state index contributed by atoms with van der Waals surface area (Å²) in [5, 5.41) is 20.7. The van der Waals surface area contributed by atoms with E-state index in [2.05, 4.69) is 32.3 Å². The minimum Gasteiger partial charge on any atom is -0.491 e. The van der Waals surface area contributed by atoms with E-state index in [0.29, 0.717) is 77.1 Å². The highest BCUT2D eigenvalue weighted by atomic mass is 16.5. The molecule has 2 fully saturated rings. The number of fused-ring (bicyclic) bond motifs is 1. The topological polar surface area (TPSA) is 262 Å². The van der Waals surface area contributed by atoms with Gasteiger partial charge in [0.25, 0.3) is 17.7 Å². The number of urea groups is 1. The predicted octanol–water partition coefficient (Wildman–Crippen LogP) is 6.43. The Kier molecular flexibility index (Phi) is 21.5. The fraction of sp³-hybridized carbons (Fsp3) is 0.417. The summed E-state index contributed by atoms with van der Waals surface area (Å²) in [5.41, 5.74) is 4.04. The molecule has 5 aromatic rings. The van der Waals surface area contributed by atoms with Crippen molar-refractivity contribution in [3.05, 3.63) is 136 Å². The summed E-state index contributed by atoms with van der Waals surface area (Å²) in [6.45, 7) is 4.12. The number of imide groups is 2. The van der Waals surface area contributed by atoms with Gasteiger partial charge in [0.1, 0.15) is 36.0 Å². The molecular formula is C60H69N9O12. The van der Waals surface area contributed by atoms with E-state index in [-0.39, 0.29) is 60.0 Å². The molecule has 0 spiro atoms. The number of aryl methyl sites for hydroxylation is 1. The lowest BCUT2D eigenvalue weighted by molar-refractivity contribution is -0.136. The molecule has 8 rings (SSSR count). The fourth-order valence-electron chi connectivity index (χ4n) is 9.82. The second-order valence-corrected chi connectivity index (χ2v) is 20.0. The Morgan fingerprint density at radius 1 is 0.728 bits per heavy atom. The van der Waals surface area contributed by atoms with Crippen LogP contribution >= 0.6 is 0 Å². The van der Waals surface area contributed by atoms with Gasteiger partial charge in [-0.15, -0.1) is 0 Å². The van der Waals surface area contributed by atoms with E-state index in [1.54, 1.807) is 42.2 Å². The number of ether oxygens (including phenoxy) is 5. The molecule has 4 heterocycles. The second kappa shape index (κ2) is 29.7. The Balaban J connectivity index is 0.639. The van der Waals surface area contributed by atoms with Crippen LogP contribution in [0.2, 0.25) is 0 Å². The van der Waals surface area contributed by atoms with Crippen LogP contribution in [0.15, 0.2) is 108 Å². The zero-order valence-corrected chi connectivity index (χ0v) is 45.5. The van der Waals surface area contributed by atoms with E-state index in [9.17, 15) is 33.6 Å². The number of anilines is 2. The zero-order valence-electron chi connectivity index (χ0n) is 45.5. The summed E-state index contributed by atoms with van der Waals surface area (Å²) in [6, 6.07) is 27.9. The monoisotopic (exact) mass is 1110 g/mol. The maximum absolute atomic E-state index is 14.1. The van der Waals surface area contributed by atoms with Crippen LogP contribution in [0, 0.1) is 11.3 Å². The van der Waals surface area contributed by atoms with Gasteiger partial charge in [0.05, 0.1) is 23.3 Å². The van der Waals surface area contributed by atoms with Crippen LogP contribution in [-0.4, -0.2) is 128 Å². The predicted molar refractivity (Wildman–Crippen MR) is 300 cm³/mol. The molecule has 3 aliphatic rings. The lowest BCUT2D eigenvalue weighted by Gasteiger charge is -2.37. The number of carbonyl (C=O) groups is 6. The molecule has 0 radical (unpaired) electrons. The van der Waals surface area contributed by atoms with Gasteiger partial charge in [-0.2, -0.15) is 5.26 Å². The van der Waals surface area contributed by atoms with Crippen LogP contribution in [0.3, 0.4) is 0 Å². The Bertz CT molecular complexity index is 3060. The van der Waals surface area contributed by atoms with Gasteiger partial charge >= 0.3 is 6.03 Å². The highest BCUT2D eigenvalue weighted by Gasteiger charge is 2.46. The van der Waals surface area contributed by atoms with Crippen LogP contribution in [0.1, 0.15) is 102 Å². The molecule has 2 aromatic heterocycles. The highest BCUT2D eigenvalue weighted by Crippen LogP contribution is 2.34. The van der Waals surface area contributed by atoms with Crippen molar-refractivity contribution in [2.45, 2.75) is 95.3 Å². The number of aromatic nitrogens is 2. The molecule has 1 saturated carbocycles. The first kappa shape index (κ1) is 58.7. The molecule has 7 amide bonds. The molecule has 0 bridgehead atoms. The quantitative estimate of drug-likeness (QED) is 0.0297. The first-order valence-electron chi connectivity index (χ1n) is 27.6. The Morgan fingerprint density at radius 3 is 2.12 bits per heavy atom. The Labute approximate surface area is 470 Å². The number of nitrogens with one attached hydrogen (secondary N) is 4. The first-order valence-corrected chi connectivity index (χ1v) is 27.6. The van der Waals surface area contributed by atoms with Gasteiger partial charge in [-0.25, -0.2) is 9.78 Å². The van der Waals surface area contributed by atoms with E-state index < -0.39 is 35.6 Å². The zero-order chi connectivity index (χ0) is 56.9. The molecule has 81 heavy (non-hydrogen) atoms. The van der Waals surface area contributed by atoms with E-state index in [4.69, 9.17) is 28.9 Å². The van der Waals surface area contributed by atoms with Crippen molar-refractivity contribution in [3.8, 4) is 28.7 Å². The molecule has 2 aliphatic heterocycles. The van der Waals surface area contributed by atoms with Crippen molar-refractivity contribution in [2.75, 3.05) is 69.6 Å². The molecule has 1 saturated heterocycles. The van der Waals surface area contributed by atoms with Crippen LogP contribution in [0.4, 0.5) is 16.3 Å². The largest absolute Gasteiger partial charge is 0.491 e. The molecule has 3 aromatic carbocycles. The summed E-state index contributed by atoms with van der Waals surface area (Å²) < 4.78 is 30.3. The Morgan fingerprint density at radius 2 is 1.43 bits per heavy atom. The normalized spacial score (nSPS) is 16.7. The van der Waals surface area contributed by atoms with Crippen molar-refractivity contribution in [1.29, 1.82) is 5.26 Å². The average Bonchev–Trinajstić information content (AvgIpc) is 3.81. The van der Waals surface area contributed by atoms with Gasteiger partial charge < -0.3 is 44.2 Å². The number of nitrogens with zero attached hydrogens (tertiary/aromatic N) is 5. The lowest BCUT2D eigenvalue weighted by Crippen LogP contribution is -2.54. The van der Waals surface area contributed by atoms with E-state index in [1.165, 1.54) is 18.2 Å². The van der Waals surface area contributed by atoms with Crippen molar-refractivity contribution in [1.82, 2.24) is 30.4 Å². The molecule has 1 unspecified atom stereocenters. The SMILES string of the molecule is Cn1cc(-c2ccc(N(C(=O)NCc3ccc(OCCOCCCCOCCCOCCCCNC(=O)COc4cccc5c4C(=O)N(C4CCC(=O)NC4=O)C5=O)cc3)C3CCC(Nc4ccc(C#N)cn4)CC3)cc2)ccc1=O. The number of nitriles is 1.